The number of carbonyl (C=O) groups is 1. The Balaban J connectivity index is 1.37. The maximum absolute atomic E-state index is 12.9. The molecule has 0 N–H and O–H groups in total. The van der Waals surface area contributed by atoms with Gasteiger partial charge >= 0.3 is 5.69 Å². The molecule has 5 rings (SSSR count). The molecule has 1 amide bonds. The first kappa shape index (κ1) is 15.4. The molecule has 3 aliphatic rings. The van der Waals surface area contributed by atoms with Gasteiger partial charge in [-0.05, 0) is 24.6 Å². The van der Waals surface area contributed by atoms with Gasteiger partial charge in [-0.15, -0.1) is 0 Å². The van der Waals surface area contributed by atoms with Crippen molar-refractivity contribution >= 4 is 5.91 Å². The smallest absolute Gasteiger partial charge is 0.345 e. The molecule has 0 aliphatic carbocycles. The molecule has 1 aromatic carbocycles. The van der Waals surface area contributed by atoms with Crippen LogP contribution in [-0.2, 0) is 24.9 Å². The first-order valence-electron chi connectivity index (χ1n) is 8.50. The molecule has 1 atom stereocenters. The maximum atomic E-state index is 12.9. The van der Waals surface area contributed by atoms with Crippen LogP contribution in [-0.4, -0.2) is 50.6 Å². The lowest BCUT2D eigenvalue weighted by atomic mass is 10.0. The van der Waals surface area contributed by atoms with Crippen LogP contribution in [0.5, 0.6) is 11.5 Å². The normalized spacial score (nSPS) is 23.5. The van der Waals surface area contributed by atoms with E-state index in [0.29, 0.717) is 48.9 Å². The average molecular weight is 358 g/mol. The topological polar surface area (TPSA) is 87.8 Å². The minimum Gasteiger partial charge on any atom is -0.454 e. The molecule has 1 saturated heterocycles. The summed E-state index contributed by atoms with van der Waals surface area (Å²) >= 11 is 0. The van der Waals surface area contributed by atoms with Crippen molar-refractivity contribution in [3.8, 4) is 11.5 Å². The van der Waals surface area contributed by atoms with E-state index < -0.39 is 5.60 Å². The summed E-state index contributed by atoms with van der Waals surface area (Å²) in [6.45, 7) is 1.90. The second-order valence-corrected chi connectivity index (χ2v) is 6.92. The summed E-state index contributed by atoms with van der Waals surface area (Å²) in [5.41, 5.74) is -0.129. The van der Waals surface area contributed by atoms with E-state index in [1.54, 1.807) is 34.7 Å². The largest absolute Gasteiger partial charge is 0.454 e. The fourth-order valence-corrected chi connectivity index (χ4v) is 3.85. The van der Waals surface area contributed by atoms with Crippen molar-refractivity contribution in [3.63, 3.8) is 0 Å². The number of carbonyl (C=O) groups excluding carboxylic acids is 1. The minimum atomic E-state index is -0.536. The lowest BCUT2D eigenvalue weighted by Crippen LogP contribution is -2.47. The van der Waals surface area contributed by atoms with E-state index in [9.17, 15) is 9.59 Å². The predicted molar refractivity (Wildman–Crippen MR) is 88.1 cm³/mol. The van der Waals surface area contributed by atoms with Crippen molar-refractivity contribution in [2.75, 3.05) is 19.9 Å². The Morgan fingerprint density at radius 1 is 1.23 bits per heavy atom. The van der Waals surface area contributed by atoms with Crippen LogP contribution < -0.4 is 15.2 Å². The van der Waals surface area contributed by atoms with Gasteiger partial charge in [0, 0.05) is 19.2 Å². The number of fused-ring (bicyclic) bond motifs is 2. The van der Waals surface area contributed by atoms with Crippen LogP contribution in [0.15, 0.2) is 23.0 Å². The molecule has 1 fully saturated rings. The fourth-order valence-electron chi connectivity index (χ4n) is 3.85. The van der Waals surface area contributed by atoms with Crippen LogP contribution in [0.4, 0.5) is 0 Å². The minimum absolute atomic E-state index is 0.0758. The second-order valence-electron chi connectivity index (χ2n) is 6.92. The molecular weight excluding hydrogens is 340 g/mol. The van der Waals surface area contributed by atoms with Gasteiger partial charge in [0.05, 0.1) is 13.1 Å². The van der Waals surface area contributed by atoms with Gasteiger partial charge in [0.15, 0.2) is 17.3 Å². The molecule has 2 aromatic rings. The number of aryl methyl sites for hydroxylation is 1. The van der Waals surface area contributed by atoms with Gasteiger partial charge < -0.3 is 19.1 Å². The quantitative estimate of drug-likeness (QED) is 0.720. The Bertz CT molecular complexity index is 965. The molecule has 0 saturated carbocycles. The summed E-state index contributed by atoms with van der Waals surface area (Å²) in [6, 6.07) is 5.20. The Labute approximate surface area is 148 Å². The lowest BCUT2D eigenvalue weighted by molar-refractivity contribution is -0.0816. The van der Waals surface area contributed by atoms with Gasteiger partial charge in [0.2, 0.25) is 6.79 Å². The number of ether oxygens (including phenoxy) is 3. The molecule has 1 spiro atoms. The molecule has 9 nitrogen and oxygen atoms in total. The van der Waals surface area contributed by atoms with Crippen molar-refractivity contribution in [2.24, 2.45) is 7.05 Å². The van der Waals surface area contributed by atoms with Gasteiger partial charge in [-0.1, -0.05) is 0 Å². The van der Waals surface area contributed by atoms with Crippen LogP contribution in [0.25, 0.3) is 0 Å². The fraction of sp³-hybridized carbons (Fsp3) is 0.471. The van der Waals surface area contributed by atoms with E-state index in [4.69, 9.17) is 14.2 Å². The number of likely N-dealkylation sites (tertiary alicyclic amines) is 1. The Hall–Kier alpha value is -2.81. The van der Waals surface area contributed by atoms with Crippen molar-refractivity contribution in [1.29, 1.82) is 0 Å². The number of hydrogen-bond donors (Lipinski definition) is 0. The number of aromatic nitrogens is 3. The zero-order valence-electron chi connectivity index (χ0n) is 14.3. The molecule has 1 aromatic heterocycles. The molecule has 136 valence electrons. The van der Waals surface area contributed by atoms with Crippen LogP contribution in [0.1, 0.15) is 22.6 Å². The Kier molecular flexibility index (Phi) is 3.17. The summed E-state index contributed by atoms with van der Waals surface area (Å²) in [4.78, 5) is 26.8. The van der Waals surface area contributed by atoms with Crippen molar-refractivity contribution < 1.29 is 19.0 Å². The molecule has 0 radical (unpaired) electrons. The third-order valence-electron chi connectivity index (χ3n) is 5.26. The third-order valence-corrected chi connectivity index (χ3v) is 5.26. The predicted octanol–water partition coefficient (Wildman–Crippen LogP) is 0.126. The van der Waals surface area contributed by atoms with Gasteiger partial charge in [0.25, 0.3) is 5.91 Å². The summed E-state index contributed by atoms with van der Waals surface area (Å²) in [5.74, 6) is 1.79. The zero-order chi connectivity index (χ0) is 17.9. The van der Waals surface area contributed by atoms with Gasteiger partial charge in [-0.3, -0.25) is 9.36 Å². The summed E-state index contributed by atoms with van der Waals surface area (Å²) < 4.78 is 19.6. The van der Waals surface area contributed by atoms with Crippen molar-refractivity contribution in [1.82, 2.24) is 19.2 Å². The van der Waals surface area contributed by atoms with Crippen LogP contribution in [0, 0.1) is 0 Å². The van der Waals surface area contributed by atoms with E-state index in [1.807, 2.05) is 0 Å². The van der Waals surface area contributed by atoms with E-state index in [2.05, 4.69) is 5.10 Å². The molecule has 0 bridgehead atoms. The monoisotopic (exact) mass is 358 g/mol. The first-order chi connectivity index (χ1) is 12.5. The van der Waals surface area contributed by atoms with Gasteiger partial charge in [-0.2, -0.15) is 5.10 Å². The Morgan fingerprint density at radius 2 is 2.08 bits per heavy atom. The third kappa shape index (κ3) is 2.23. The van der Waals surface area contributed by atoms with Gasteiger partial charge in [-0.25, -0.2) is 9.48 Å². The summed E-state index contributed by atoms with van der Waals surface area (Å²) in [7, 11) is 1.63. The highest BCUT2D eigenvalue weighted by molar-refractivity contribution is 5.95. The summed E-state index contributed by atoms with van der Waals surface area (Å²) in [5, 5.41) is 4.18. The van der Waals surface area contributed by atoms with E-state index in [1.165, 1.54) is 4.68 Å². The number of benzene rings is 1. The highest BCUT2D eigenvalue weighted by Gasteiger charge is 2.45. The standard InChI is InChI=1S/C17H18N4O5/c1-19-16(23)21-9-17(26-7-14(21)18-19)4-5-20(8-17)15(22)11-2-3-12-13(6-11)25-10-24-12/h2-3,6H,4-5,7-10H2,1H3. The van der Waals surface area contributed by atoms with E-state index in [0.717, 1.165) is 0 Å². The van der Waals surface area contributed by atoms with E-state index in [-0.39, 0.29) is 25.0 Å². The maximum Gasteiger partial charge on any atom is 0.345 e. The van der Waals surface area contributed by atoms with Crippen molar-refractivity contribution in [3.05, 3.63) is 40.1 Å². The molecule has 1 unspecified atom stereocenters. The number of amides is 1. The number of hydrogen-bond acceptors (Lipinski definition) is 6. The number of nitrogens with zero attached hydrogens (tertiary/aromatic N) is 4. The molecule has 9 heteroatoms. The molecule has 4 heterocycles. The van der Waals surface area contributed by atoms with Gasteiger partial charge in [0.1, 0.15) is 12.2 Å². The molecule has 26 heavy (non-hydrogen) atoms. The highest BCUT2D eigenvalue weighted by atomic mass is 16.7. The average Bonchev–Trinajstić information content (AvgIpc) is 3.34. The van der Waals surface area contributed by atoms with Crippen LogP contribution in [0.3, 0.4) is 0 Å². The Morgan fingerprint density at radius 3 is 2.96 bits per heavy atom. The summed E-state index contributed by atoms with van der Waals surface area (Å²) in [6.07, 6.45) is 0.685. The van der Waals surface area contributed by atoms with E-state index >= 15 is 0 Å². The van der Waals surface area contributed by atoms with Crippen molar-refractivity contribution in [2.45, 2.75) is 25.2 Å². The molecule has 3 aliphatic heterocycles. The second kappa shape index (κ2) is 5.34. The molecular formula is C17H18N4O5. The lowest BCUT2D eigenvalue weighted by Gasteiger charge is -2.33. The first-order valence-corrected chi connectivity index (χ1v) is 8.50. The zero-order valence-corrected chi connectivity index (χ0v) is 14.3. The van der Waals surface area contributed by atoms with Crippen LogP contribution >= 0.6 is 0 Å². The van der Waals surface area contributed by atoms with Crippen LogP contribution in [0.2, 0.25) is 0 Å². The SMILES string of the molecule is Cn1nc2n(c1=O)CC1(CCN(C(=O)c3ccc4c(c3)OCO4)C1)OC2. The number of rotatable bonds is 1. The highest BCUT2D eigenvalue weighted by Crippen LogP contribution is 2.35.